The normalized spacial score (nSPS) is 10.6. The van der Waals surface area contributed by atoms with Crippen molar-refractivity contribution in [2.45, 2.75) is 0 Å². The van der Waals surface area contributed by atoms with E-state index in [0.29, 0.717) is 0 Å². The van der Waals surface area contributed by atoms with E-state index < -0.39 is 0 Å². The summed E-state index contributed by atoms with van der Waals surface area (Å²) < 4.78 is 5.28. The van der Waals surface area contributed by atoms with Crippen LogP contribution in [-0.4, -0.2) is 10.2 Å². The number of nitrogen functional groups attached to an aromatic ring is 1. The molecule has 0 spiro atoms. The standard InChI is InChI=1S/C12H9N3OS/c13-9-5-3-8(4-6-9)11-14-15-12(17-11)10-2-1-7-16-10/h1-7H,13H2. The molecule has 0 bridgehead atoms. The van der Waals surface area contributed by atoms with E-state index in [1.165, 1.54) is 11.3 Å². The maximum Gasteiger partial charge on any atom is 0.183 e. The minimum atomic E-state index is 0.740. The van der Waals surface area contributed by atoms with Gasteiger partial charge in [0.15, 0.2) is 10.8 Å². The third-order valence-electron chi connectivity index (χ3n) is 2.31. The summed E-state index contributed by atoms with van der Waals surface area (Å²) in [4.78, 5) is 0. The van der Waals surface area contributed by atoms with Gasteiger partial charge in [0.2, 0.25) is 0 Å². The Hall–Kier alpha value is -2.14. The molecule has 0 fully saturated rings. The van der Waals surface area contributed by atoms with Gasteiger partial charge in [0.25, 0.3) is 0 Å². The molecule has 0 amide bonds. The van der Waals surface area contributed by atoms with Crippen LogP contribution in [0.25, 0.3) is 21.3 Å². The molecule has 0 saturated carbocycles. The van der Waals surface area contributed by atoms with Gasteiger partial charge in [-0.2, -0.15) is 0 Å². The summed E-state index contributed by atoms with van der Waals surface area (Å²) in [7, 11) is 0. The minimum Gasteiger partial charge on any atom is -0.462 e. The molecule has 3 rings (SSSR count). The molecule has 4 nitrogen and oxygen atoms in total. The first-order valence-electron chi connectivity index (χ1n) is 5.06. The maximum atomic E-state index is 5.64. The summed E-state index contributed by atoms with van der Waals surface area (Å²) in [6.45, 7) is 0. The zero-order valence-electron chi connectivity index (χ0n) is 8.83. The fourth-order valence-corrected chi connectivity index (χ4v) is 2.28. The molecule has 84 valence electrons. The third-order valence-corrected chi connectivity index (χ3v) is 3.30. The number of nitrogens with two attached hydrogens (primary N) is 1. The number of hydrogen-bond donors (Lipinski definition) is 1. The van der Waals surface area contributed by atoms with Crippen molar-refractivity contribution in [3.05, 3.63) is 42.7 Å². The Morgan fingerprint density at radius 3 is 2.47 bits per heavy atom. The van der Waals surface area contributed by atoms with Gasteiger partial charge in [-0.05, 0) is 36.4 Å². The van der Waals surface area contributed by atoms with Crippen LogP contribution in [0.4, 0.5) is 5.69 Å². The van der Waals surface area contributed by atoms with Gasteiger partial charge in [-0.3, -0.25) is 0 Å². The molecule has 0 saturated heterocycles. The molecule has 2 aromatic heterocycles. The average molecular weight is 243 g/mol. The lowest BCUT2D eigenvalue weighted by Crippen LogP contribution is -1.83. The van der Waals surface area contributed by atoms with Crippen molar-refractivity contribution < 1.29 is 4.42 Å². The van der Waals surface area contributed by atoms with Gasteiger partial charge in [0, 0.05) is 11.3 Å². The van der Waals surface area contributed by atoms with Gasteiger partial charge >= 0.3 is 0 Å². The summed E-state index contributed by atoms with van der Waals surface area (Å²) in [6, 6.07) is 11.3. The van der Waals surface area contributed by atoms with E-state index in [4.69, 9.17) is 10.2 Å². The summed E-state index contributed by atoms with van der Waals surface area (Å²) in [5.74, 6) is 0.740. The highest BCUT2D eigenvalue weighted by molar-refractivity contribution is 7.17. The van der Waals surface area contributed by atoms with Crippen molar-refractivity contribution in [1.82, 2.24) is 10.2 Å². The molecular formula is C12H9N3OS. The topological polar surface area (TPSA) is 64.9 Å². The van der Waals surface area contributed by atoms with Crippen LogP contribution in [0.15, 0.2) is 47.1 Å². The molecule has 1 aromatic carbocycles. The molecule has 0 aliphatic heterocycles. The summed E-state index contributed by atoms with van der Waals surface area (Å²) in [5.41, 5.74) is 7.39. The van der Waals surface area contributed by atoms with Crippen LogP contribution in [0.1, 0.15) is 0 Å². The molecule has 0 unspecified atom stereocenters. The highest BCUT2D eigenvalue weighted by Crippen LogP contribution is 2.30. The van der Waals surface area contributed by atoms with Crippen LogP contribution in [0.5, 0.6) is 0 Å². The van der Waals surface area contributed by atoms with Crippen LogP contribution < -0.4 is 5.73 Å². The van der Waals surface area contributed by atoms with E-state index in [1.807, 2.05) is 36.4 Å². The van der Waals surface area contributed by atoms with Crippen molar-refractivity contribution in [2.24, 2.45) is 0 Å². The average Bonchev–Trinajstić information content (AvgIpc) is 3.00. The maximum absolute atomic E-state index is 5.64. The zero-order valence-corrected chi connectivity index (χ0v) is 9.65. The van der Waals surface area contributed by atoms with Gasteiger partial charge in [0.05, 0.1) is 6.26 Å². The van der Waals surface area contributed by atoms with E-state index in [9.17, 15) is 0 Å². The number of anilines is 1. The summed E-state index contributed by atoms with van der Waals surface area (Å²) >= 11 is 1.49. The van der Waals surface area contributed by atoms with Gasteiger partial charge in [-0.15, -0.1) is 10.2 Å². The molecule has 17 heavy (non-hydrogen) atoms. The lowest BCUT2D eigenvalue weighted by molar-refractivity contribution is 0.581. The Kier molecular flexibility index (Phi) is 2.38. The predicted molar refractivity (Wildman–Crippen MR) is 67.5 cm³/mol. The van der Waals surface area contributed by atoms with Gasteiger partial charge < -0.3 is 10.2 Å². The first-order chi connectivity index (χ1) is 8.33. The number of nitrogens with zero attached hydrogens (tertiary/aromatic N) is 2. The van der Waals surface area contributed by atoms with Crippen molar-refractivity contribution in [3.8, 4) is 21.3 Å². The first-order valence-corrected chi connectivity index (χ1v) is 5.88. The Balaban J connectivity index is 1.98. The highest BCUT2D eigenvalue weighted by atomic mass is 32.1. The summed E-state index contributed by atoms with van der Waals surface area (Å²) in [6.07, 6.45) is 1.62. The number of aromatic nitrogens is 2. The quantitative estimate of drug-likeness (QED) is 0.702. The van der Waals surface area contributed by atoms with Gasteiger partial charge in [0.1, 0.15) is 5.01 Å². The second-order valence-electron chi connectivity index (χ2n) is 3.51. The molecule has 5 heteroatoms. The molecule has 2 heterocycles. The third kappa shape index (κ3) is 1.92. The lowest BCUT2D eigenvalue weighted by Gasteiger charge is -1.95. The van der Waals surface area contributed by atoms with Gasteiger partial charge in [-0.25, -0.2) is 0 Å². The Bertz CT molecular complexity index is 614. The molecular weight excluding hydrogens is 234 g/mol. The largest absolute Gasteiger partial charge is 0.462 e. The molecule has 0 radical (unpaired) electrons. The minimum absolute atomic E-state index is 0.740. The number of furan rings is 1. The SMILES string of the molecule is Nc1ccc(-c2nnc(-c3ccco3)s2)cc1. The van der Waals surface area contributed by atoms with Crippen molar-refractivity contribution in [1.29, 1.82) is 0 Å². The number of rotatable bonds is 2. The van der Waals surface area contributed by atoms with Crippen LogP contribution in [-0.2, 0) is 0 Å². The van der Waals surface area contributed by atoms with E-state index in [2.05, 4.69) is 10.2 Å². The number of hydrogen-bond acceptors (Lipinski definition) is 5. The highest BCUT2D eigenvalue weighted by Gasteiger charge is 2.09. The van der Waals surface area contributed by atoms with Crippen molar-refractivity contribution >= 4 is 17.0 Å². The molecule has 3 aromatic rings. The predicted octanol–water partition coefficient (Wildman–Crippen LogP) is 3.05. The molecule has 0 atom stereocenters. The van der Waals surface area contributed by atoms with Gasteiger partial charge in [-0.1, -0.05) is 11.3 Å². The van der Waals surface area contributed by atoms with E-state index >= 15 is 0 Å². The van der Waals surface area contributed by atoms with Crippen molar-refractivity contribution in [2.75, 3.05) is 5.73 Å². The van der Waals surface area contributed by atoms with Crippen LogP contribution >= 0.6 is 11.3 Å². The van der Waals surface area contributed by atoms with Crippen LogP contribution in [0, 0.1) is 0 Å². The monoisotopic (exact) mass is 243 g/mol. The zero-order chi connectivity index (χ0) is 11.7. The van der Waals surface area contributed by atoms with E-state index in [0.717, 1.165) is 27.0 Å². The second-order valence-corrected chi connectivity index (χ2v) is 4.49. The number of benzene rings is 1. The van der Waals surface area contributed by atoms with E-state index in [1.54, 1.807) is 6.26 Å². The summed E-state index contributed by atoms with van der Waals surface area (Å²) in [5, 5.41) is 9.88. The molecule has 0 aliphatic rings. The van der Waals surface area contributed by atoms with Crippen molar-refractivity contribution in [3.63, 3.8) is 0 Å². The fourth-order valence-electron chi connectivity index (χ4n) is 1.47. The molecule has 0 aliphatic carbocycles. The molecule has 2 N–H and O–H groups in total. The fraction of sp³-hybridized carbons (Fsp3) is 0. The lowest BCUT2D eigenvalue weighted by atomic mass is 10.2. The first kappa shape index (κ1) is 10.0. The Labute approximate surface area is 102 Å². The van der Waals surface area contributed by atoms with Crippen LogP contribution in [0.3, 0.4) is 0 Å². The second kappa shape index (κ2) is 4.03. The Morgan fingerprint density at radius 2 is 1.76 bits per heavy atom. The smallest absolute Gasteiger partial charge is 0.183 e. The van der Waals surface area contributed by atoms with Crippen LogP contribution in [0.2, 0.25) is 0 Å². The Morgan fingerprint density at radius 1 is 1.00 bits per heavy atom. The van der Waals surface area contributed by atoms with E-state index in [-0.39, 0.29) is 0 Å².